The zero-order chi connectivity index (χ0) is 18.8. The number of carbonyl (C=O) groups is 2. The Morgan fingerprint density at radius 2 is 1.70 bits per heavy atom. The van der Waals surface area contributed by atoms with Crippen molar-refractivity contribution < 1.29 is 19.4 Å². The van der Waals surface area contributed by atoms with Crippen LogP contribution in [0.25, 0.3) is 0 Å². The van der Waals surface area contributed by atoms with Crippen molar-refractivity contribution in [1.82, 2.24) is 4.90 Å². The summed E-state index contributed by atoms with van der Waals surface area (Å²) in [5.74, 6) is -0.429. The number of fused-ring (bicyclic) bond motifs is 1. The van der Waals surface area contributed by atoms with Gasteiger partial charge in [-0.25, -0.2) is 4.79 Å². The Labute approximate surface area is 158 Å². The second-order valence-electron chi connectivity index (χ2n) is 7.27. The third kappa shape index (κ3) is 3.60. The van der Waals surface area contributed by atoms with Crippen LogP contribution in [-0.4, -0.2) is 41.1 Å². The molecule has 0 saturated carbocycles. The number of hydrogen-bond donors (Lipinski definition) is 1. The van der Waals surface area contributed by atoms with Crippen LogP contribution in [0.3, 0.4) is 0 Å². The lowest BCUT2D eigenvalue weighted by Crippen LogP contribution is -2.48. The summed E-state index contributed by atoms with van der Waals surface area (Å²) in [4.78, 5) is 26.8. The number of aliphatic hydroxyl groups excluding tert-OH is 1. The molecular formula is C22H23NO4. The maximum Gasteiger partial charge on any atom is 0.339 e. The highest BCUT2D eigenvalue weighted by atomic mass is 16.5. The highest BCUT2D eigenvalue weighted by Gasteiger charge is 2.36. The highest BCUT2D eigenvalue weighted by molar-refractivity contribution is 5.95. The van der Waals surface area contributed by atoms with Gasteiger partial charge in [0, 0.05) is 19.5 Å². The van der Waals surface area contributed by atoms with Crippen LogP contribution in [0.4, 0.5) is 0 Å². The smallest absolute Gasteiger partial charge is 0.339 e. The van der Waals surface area contributed by atoms with Crippen LogP contribution in [0.1, 0.15) is 40.4 Å². The number of amides is 1. The Hall–Kier alpha value is -2.66. The zero-order valence-corrected chi connectivity index (χ0v) is 15.1. The van der Waals surface area contributed by atoms with E-state index in [0.29, 0.717) is 25.1 Å². The zero-order valence-electron chi connectivity index (χ0n) is 15.1. The summed E-state index contributed by atoms with van der Waals surface area (Å²) in [6, 6.07) is 16.9. The molecular weight excluding hydrogens is 342 g/mol. The molecule has 2 unspecified atom stereocenters. The van der Waals surface area contributed by atoms with Gasteiger partial charge in [-0.15, -0.1) is 0 Å². The van der Waals surface area contributed by atoms with Crippen LogP contribution in [0.2, 0.25) is 0 Å². The second-order valence-corrected chi connectivity index (χ2v) is 7.27. The average Bonchev–Trinajstić information content (AvgIpc) is 2.73. The molecule has 0 spiro atoms. The summed E-state index contributed by atoms with van der Waals surface area (Å²) >= 11 is 0. The van der Waals surface area contributed by atoms with Crippen LogP contribution in [0.5, 0.6) is 0 Å². The number of benzene rings is 2. The van der Waals surface area contributed by atoms with Crippen molar-refractivity contribution in [3.8, 4) is 0 Å². The molecule has 1 amide bonds. The summed E-state index contributed by atoms with van der Waals surface area (Å²) in [5, 5.41) is 10.6. The molecule has 2 aliphatic heterocycles. The molecule has 27 heavy (non-hydrogen) atoms. The quantitative estimate of drug-likeness (QED) is 0.850. The lowest BCUT2D eigenvalue weighted by molar-refractivity contribution is -0.143. The summed E-state index contributed by atoms with van der Waals surface area (Å²) in [6.07, 6.45) is 0.636. The standard InChI is InChI=1S/C22H23NO4/c24-20(15-6-2-1-3-7-15)16-10-12-23(13-11-16)21(25)19-14-17-8-4-5-9-18(17)22(26)27-19/h1-9,16,19-20,24H,10-14H2. The molecule has 2 aliphatic rings. The van der Waals surface area contributed by atoms with Gasteiger partial charge < -0.3 is 14.7 Å². The first-order valence-electron chi connectivity index (χ1n) is 9.44. The van der Waals surface area contributed by atoms with Gasteiger partial charge in [0.1, 0.15) is 0 Å². The van der Waals surface area contributed by atoms with Gasteiger partial charge in [0.05, 0.1) is 11.7 Å². The summed E-state index contributed by atoms with van der Waals surface area (Å²) in [6.45, 7) is 1.15. The number of likely N-dealkylation sites (tertiary alicyclic amines) is 1. The first-order chi connectivity index (χ1) is 13.1. The van der Waals surface area contributed by atoms with Crippen LogP contribution in [-0.2, 0) is 16.0 Å². The van der Waals surface area contributed by atoms with Gasteiger partial charge in [-0.3, -0.25) is 4.79 Å². The number of piperidine rings is 1. The molecule has 0 bridgehead atoms. The molecule has 2 heterocycles. The molecule has 2 aromatic carbocycles. The van der Waals surface area contributed by atoms with E-state index in [4.69, 9.17) is 4.74 Å². The fraction of sp³-hybridized carbons (Fsp3) is 0.364. The Kier molecular flexibility index (Phi) is 4.94. The number of esters is 1. The molecule has 140 valence electrons. The van der Waals surface area contributed by atoms with E-state index in [1.165, 1.54) is 0 Å². The fourth-order valence-electron chi connectivity index (χ4n) is 4.03. The van der Waals surface area contributed by atoms with E-state index in [9.17, 15) is 14.7 Å². The Balaban J connectivity index is 1.37. The van der Waals surface area contributed by atoms with Gasteiger partial charge in [-0.2, -0.15) is 0 Å². The van der Waals surface area contributed by atoms with Crippen LogP contribution in [0, 0.1) is 5.92 Å². The van der Waals surface area contributed by atoms with Gasteiger partial charge in [-0.05, 0) is 36.0 Å². The minimum Gasteiger partial charge on any atom is -0.448 e. The predicted molar refractivity (Wildman–Crippen MR) is 100 cm³/mol. The summed E-state index contributed by atoms with van der Waals surface area (Å²) in [7, 11) is 0. The Bertz CT molecular complexity index is 827. The molecule has 1 N–H and O–H groups in total. The van der Waals surface area contributed by atoms with Crippen molar-refractivity contribution in [2.45, 2.75) is 31.5 Å². The number of nitrogens with zero attached hydrogens (tertiary/aromatic N) is 1. The average molecular weight is 365 g/mol. The van der Waals surface area contributed by atoms with Gasteiger partial charge in [0.2, 0.25) is 0 Å². The molecule has 5 nitrogen and oxygen atoms in total. The van der Waals surface area contributed by atoms with Crippen molar-refractivity contribution in [1.29, 1.82) is 0 Å². The summed E-state index contributed by atoms with van der Waals surface area (Å²) in [5.41, 5.74) is 2.33. The minimum atomic E-state index is -0.747. The number of carbonyl (C=O) groups excluding carboxylic acids is 2. The molecule has 2 aromatic rings. The van der Waals surface area contributed by atoms with E-state index in [2.05, 4.69) is 0 Å². The lowest BCUT2D eigenvalue weighted by atomic mass is 9.87. The highest BCUT2D eigenvalue weighted by Crippen LogP contribution is 2.31. The Morgan fingerprint density at radius 1 is 1.04 bits per heavy atom. The molecule has 0 aromatic heterocycles. The van der Waals surface area contributed by atoms with Crippen LogP contribution >= 0.6 is 0 Å². The molecule has 5 heteroatoms. The maximum absolute atomic E-state index is 12.8. The fourth-order valence-corrected chi connectivity index (χ4v) is 4.03. The van der Waals surface area contributed by atoms with Crippen LogP contribution < -0.4 is 0 Å². The van der Waals surface area contributed by atoms with E-state index in [0.717, 1.165) is 24.0 Å². The van der Waals surface area contributed by atoms with Crippen molar-refractivity contribution in [3.05, 3.63) is 71.3 Å². The minimum absolute atomic E-state index is 0.131. The number of rotatable bonds is 3. The van der Waals surface area contributed by atoms with Crippen molar-refractivity contribution in [2.24, 2.45) is 5.92 Å². The normalized spacial score (nSPS) is 21.3. The Morgan fingerprint density at radius 3 is 2.44 bits per heavy atom. The van der Waals surface area contributed by atoms with E-state index in [1.807, 2.05) is 42.5 Å². The monoisotopic (exact) mass is 365 g/mol. The van der Waals surface area contributed by atoms with Gasteiger partial charge in [0.25, 0.3) is 5.91 Å². The predicted octanol–water partition coefficient (Wildman–Crippen LogP) is 2.74. The van der Waals surface area contributed by atoms with Gasteiger partial charge >= 0.3 is 5.97 Å². The van der Waals surface area contributed by atoms with Gasteiger partial charge in [-0.1, -0.05) is 48.5 Å². The second kappa shape index (κ2) is 7.53. The summed E-state index contributed by atoms with van der Waals surface area (Å²) < 4.78 is 5.39. The topological polar surface area (TPSA) is 66.8 Å². The van der Waals surface area contributed by atoms with Crippen molar-refractivity contribution in [3.63, 3.8) is 0 Å². The molecule has 1 saturated heterocycles. The first kappa shape index (κ1) is 17.7. The lowest BCUT2D eigenvalue weighted by Gasteiger charge is -2.36. The first-order valence-corrected chi connectivity index (χ1v) is 9.44. The molecule has 4 rings (SSSR count). The number of ether oxygens (including phenoxy) is 1. The van der Waals surface area contributed by atoms with E-state index < -0.39 is 18.2 Å². The number of aliphatic hydroxyl groups is 1. The molecule has 0 aliphatic carbocycles. The number of cyclic esters (lactones) is 1. The van der Waals surface area contributed by atoms with Crippen molar-refractivity contribution >= 4 is 11.9 Å². The van der Waals surface area contributed by atoms with E-state index >= 15 is 0 Å². The third-order valence-electron chi connectivity index (χ3n) is 5.61. The maximum atomic E-state index is 12.8. The molecule has 1 fully saturated rings. The SMILES string of the molecule is O=C1OC(C(=O)N2CCC(C(O)c3ccccc3)CC2)Cc2ccccc21. The number of hydrogen-bond acceptors (Lipinski definition) is 4. The third-order valence-corrected chi connectivity index (χ3v) is 5.61. The van der Waals surface area contributed by atoms with Gasteiger partial charge in [0.15, 0.2) is 6.10 Å². The molecule has 0 radical (unpaired) electrons. The largest absolute Gasteiger partial charge is 0.448 e. The van der Waals surface area contributed by atoms with E-state index in [-0.39, 0.29) is 11.8 Å². The molecule has 2 atom stereocenters. The van der Waals surface area contributed by atoms with Crippen LogP contribution in [0.15, 0.2) is 54.6 Å². The van der Waals surface area contributed by atoms with Crippen molar-refractivity contribution in [2.75, 3.05) is 13.1 Å². The van der Waals surface area contributed by atoms with E-state index in [1.54, 1.807) is 17.0 Å².